The summed E-state index contributed by atoms with van der Waals surface area (Å²) in [4.78, 5) is 43.4. The number of esters is 1. The van der Waals surface area contributed by atoms with E-state index in [1.54, 1.807) is 7.11 Å². The molecule has 164 valence electrons. The maximum atomic E-state index is 12.6. The number of hydrogen-bond acceptors (Lipinski definition) is 7. The van der Waals surface area contributed by atoms with Gasteiger partial charge in [0.1, 0.15) is 17.4 Å². The number of methoxy groups -OCH3 is 1. The summed E-state index contributed by atoms with van der Waals surface area (Å²) in [5.41, 5.74) is 2.27. The van der Waals surface area contributed by atoms with E-state index in [1.807, 2.05) is 36.6 Å². The van der Waals surface area contributed by atoms with Crippen LogP contribution in [0.1, 0.15) is 56.5 Å². The van der Waals surface area contributed by atoms with E-state index in [-0.39, 0.29) is 29.5 Å². The lowest BCUT2D eigenvalue weighted by atomic mass is 10.1. The number of aromatic nitrogens is 1. The minimum atomic E-state index is -0.577. The van der Waals surface area contributed by atoms with Gasteiger partial charge in [0.05, 0.1) is 35.1 Å². The normalized spacial score (nSPS) is 12.8. The molecule has 7 nitrogen and oxygen atoms in total. The third-order valence-electron chi connectivity index (χ3n) is 5.18. The minimum Gasteiger partial charge on any atom is -0.496 e. The van der Waals surface area contributed by atoms with Crippen molar-refractivity contribution in [2.24, 2.45) is 0 Å². The van der Waals surface area contributed by atoms with Crippen LogP contribution in [0.3, 0.4) is 0 Å². The number of carbonyl (C=O) groups excluding carboxylic acids is 3. The lowest BCUT2D eigenvalue weighted by molar-refractivity contribution is 0.0468. The Labute approximate surface area is 189 Å². The van der Waals surface area contributed by atoms with Crippen LogP contribution >= 0.6 is 11.3 Å². The Morgan fingerprint density at radius 2 is 1.84 bits per heavy atom. The lowest BCUT2D eigenvalue weighted by Gasteiger charge is -2.12. The molecule has 0 N–H and O–H groups in total. The Kier molecular flexibility index (Phi) is 6.32. The summed E-state index contributed by atoms with van der Waals surface area (Å²) >= 11 is 1.43. The van der Waals surface area contributed by atoms with Crippen LogP contribution in [0.5, 0.6) is 5.75 Å². The Hall–Kier alpha value is -3.52. The van der Waals surface area contributed by atoms with Gasteiger partial charge in [-0.15, -0.1) is 11.3 Å². The molecule has 0 saturated carbocycles. The van der Waals surface area contributed by atoms with Crippen LogP contribution in [0, 0.1) is 0 Å². The zero-order valence-electron chi connectivity index (χ0n) is 17.8. The van der Waals surface area contributed by atoms with Crippen LogP contribution in [0.4, 0.5) is 0 Å². The van der Waals surface area contributed by atoms with Crippen LogP contribution in [0.15, 0.2) is 47.8 Å². The van der Waals surface area contributed by atoms with Gasteiger partial charge in [0, 0.05) is 11.9 Å². The van der Waals surface area contributed by atoms with Gasteiger partial charge in [0.25, 0.3) is 11.8 Å². The van der Waals surface area contributed by atoms with Gasteiger partial charge in [-0.3, -0.25) is 14.5 Å². The molecule has 0 unspecified atom stereocenters. The summed E-state index contributed by atoms with van der Waals surface area (Å²) in [6, 6.07) is 12.0. The van der Waals surface area contributed by atoms with Crippen LogP contribution < -0.4 is 4.74 Å². The van der Waals surface area contributed by atoms with Crippen LogP contribution in [-0.2, 0) is 11.3 Å². The number of unbranched alkanes of at least 4 members (excludes halogenated alkanes) is 1. The van der Waals surface area contributed by atoms with Gasteiger partial charge in [-0.2, -0.15) is 0 Å². The van der Waals surface area contributed by atoms with Gasteiger partial charge in [-0.1, -0.05) is 25.5 Å². The molecule has 4 rings (SSSR count). The number of imide groups is 1. The fourth-order valence-electron chi connectivity index (χ4n) is 3.48. The summed E-state index contributed by atoms with van der Waals surface area (Å²) in [5.74, 6) is -0.540. The van der Waals surface area contributed by atoms with E-state index >= 15 is 0 Å². The molecule has 3 aromatic rings. The Morgan fingerprint density at radius 1 is 1.06 bits per heavy atom. The predicted octanol–water partition coefficient (Wildman–Crippen LogP) is 4.57. The molecular formula is C24H22N2O5S. The quantitative estimate of drug-likeness (QED) is 0.369. The van der Waals surface area contributed by atoms with E-state index in [9.17, 15) is 14.4 Å². The molecule has 0 atom stereocenters. The van der Waals surface area contributed by atoms with Crippen molar-refractivity contribution in [3.05, 3.63) is 70.2 Å². The van der Waals surface area contributed by atoms with Crippen molar-refractivity contribution in [2.75, 3.05) is 13.7 Å². The average Bonchev–Trinajstić information content (AvgIpc) is 3.39. The van der Waals surface area contributed by atoms with E-state index in [4.69, 9.17) is 9.47 Å². The molecule has 2 amide bonds. The Balaban J connectivity index is 1.44. The first-order chi connectivity index (χ1) is 15.5. The van der Waals surface area contributed by atoms with Gasteiger partial charge < -0.3 is 9.47 Å². The number of para-hydroxylation sites is 1. The Bertz CT molecular complexity index is 1190. The number of amides is 2. The largest absolute Gasteiger partial charge is 0.496 e. The smallest absolute Gasteiger partial charge is 0.338 e. The number of ether oxygens (including phenoxy) is 2. The first kappa shape index (κ1) is 21.7. The standard InChI is InChI=1S/C24H22N2O5S/c1-3-4-11-26-22(27)17-10-9-15(12-19(17)23(26)28)24(29)31-13-16-14-32-21(25-16)18-7-5-6-8-20(18)30-2/h5-10,12,14H,3-4,11,13H2,1-2H3. The molecule has 0 aliphatic carbocycles. The lowest BCUT2D eigenvalue weighted by Crippen LogP contribution is -2.30. The average molecular weight is 451 g/mol. The number of rotatable bonds is 8. The first-order valence-corrected chi connectivity index (χ1v) is 11.2. The predicted molar refractivity (Wildman–Crippen MR) is 120 cm³/mol. The second kappa shape index (κ2) is 9.32. The molecule has 0 fully saturated rings. The summed E-state index contributed by atoms with van der Waals surface area (Å²) in [6.45, 7) is 2.37. The van der Waals surface area contributed by atoms with Crippen molar-refractivity contribution in [1.29, 1.82) is 0 Å². The molecule has 2 heterocycles. The topological polar surface area (TPSA) is 85.8 Å². The second-order valence-corrected chi connectivity index (χ2v) is 8.15. The van der Waals surface area contributed by atoms with Gasteiger partial charge in [0.2, 0.25) is 0 Å². The molecule has 1 aromatic heterocycles. The number of fused-ring (bicyclic) bond motifs is 1. The summed E-state index contributed by atoms with van der Waals surface area (Å²) in [7, 11) is 1.60. The van der Waals surface area contributed by atoms with Crippen LogP contribution in [-0.4, -0.2) is 41.3 Å². The van der Waals surface area contributed by atoms with Crippen LogP contribution in [0.25, 0.3) is 10.6 Å². The maximum Gasteiger partial charge on any atom is 0.338 e. The minimum absolute atomic E-state index is 0.00291. The number of benzene rings is 2. The van der Waals surface area contributed by atoms with Crippen molar-refractivity contribution in [2.45, 2.75) is 26.4 Å². The third-order valence-corrected chi connectivity index (χ3v) is 6.11. The molecule has 8 heteroatoms. The summed E-state index contributed by atoms with van der Waals surface area (Å²) < 4.78 is 10.8. The van der Waals surface area contributed by atoms with Gasteiger partial charge >= 0.3 is 5.97 Å². The molecule has 0 bridgehead atoms. The molecule has 0 radical (unpaired) electrons. The molecule has 0 spiro atoms. The first-order valence-electron chi connectivity index (χ1n) is 10.3. The maximum absolute atomic E-state index is 12.6. The zero-order chi connectivity index (χ0) is 22.7. The highest BCUT2D eigenvalue weighted by Gasteiger charge is 2.35. The van der Waals surface area contributed by atoms with E-state index in [0.29, 0.717) is 17.8 Å². The number of nitrogens with zero attached hydrogens (tertiary/aromatic N) is 2. The van der Waals surface area contributed by atoms with Crippen molar-refractivity contribution in [1.82, 2.24) is 9.88 Å². The SMILES string of the molecule is CCCCN1C(=O)c2ccc(C(=O)OCc3csc(-c4ccccc4OC)n3)cc2C1=O. The van der Waals surface area contributed by atoms with E-state index in [0.717, 1.165) is 29.2 Å². The highest BCUT2D eigenvalue weighted by molar-refractivity contribution is 7.13. The van der Waals surface area contributed by atoms with Crippen molar-refractivity contribution < 1.29 is 23.9 Å². The fourth-order valence-corrected chi connectivity index (χ4v) is 4.31. The van der Waals surface area contributed by atoms with E-state index < -0.39 is 5.97 Å². The van der Waals surface area contributed by atoms with Crippen molar-refractivity contribution >= 4 is 29.1 Å². The second-order valence-electron chi connectivity index (χ2n) is 7.30. The van der Waals surface area contributed by atoms with Crippen molar-refractivity contribution in [3.63, 3.8) is 0 Å². The monoisotopic (exact) mass is 450 g/mol. The number of hydrogen-bond donors (Lipinski definition) is 0. The van der Waals surface area contributed by atoms with Gasteiger partial charge in [-0.25, -0.2) is 9.78 Å². The molecular weight excluding hydrogens is 428 g/mol. The van der Waals surface area contributed by atoms with E-state index in [1.165, 1.54) is 34.4 Å². The Morgan fingerprint density at radius 3 is 2.62 bits per heavy atom. The van der Waals surface area contributed by atoms with Gasteiger partial charge in [-0.05, 0) is 36.8 Å². The number of carbonyl (C=O) groups is 3. The molecule has 32 heavy (non-hydrogen) atoms. The summed E-state index contributed by atoms with van der Waals surface area (Å²) in [6.07, 6.45) is 1.62. The van der Waals surface area contributed by atoms with Gasteiger partial charge in [0.15, 0.2) is 0 Å². The van der Waals surface area contributed by atoms with Crippen LogP contribution in [0.2, 0.25) is 0 Å². The third kappa shape index (κ3) is 4.13. The highest BCUT2D eigenvalue weighted by Crippen LogP contribution is 2.32. The summed E-state index contributed by atoms with van der Waals surface area (Å²) in [5, 5.41) is 2.59. The fraction of sp³-hybridized carbons (Fsp3) is 0.250. The molecule has 2 aromatic carbocycles. The highest BCUT2D eigenvalue weighted by atomic mass is 32.1. The number of thiazole rings is 1. The molecule has 0 saturated heterocycles. The zero-order valence-corrected chi connectivity index (χ0v) is 18.6. The van der Waals surface area contributed by atoms with Crippen molar-refractivity contribution in [3.8, 4) is 16.3 Å². The molecule has 1 aliphatic rings. The molecule has 1 aliphatic heterocycles. The van der Waals surface area contributed by atoms with E-state index in [2.05, 4.69) is 4.98 Å².